The fraction of sp³-hybridized carbons (Fsp3) is 0.0769. The van der Waals surface area contributed by atoms with Crippen LogP contribution in [0.4, 0.5) is 19.1 Å². The van der Waals surface area contributed by atoms with Gasteiger partial charge in [-0.25, -0.2) is 23.1 Å². The second-order valence-electron chi connectivity index (χ2n) is 4.33. The van der Waals surface area contributed by atoms with E-state index in [1.165, 1.54) is 6.20 Å². The molecule has 2 aromatic heterocycles. The Hall–Kier alpha value is -2.57. The number of anilines is 1. The average Bonchev–Trinajstić information content (AvgIpc) is 2.72. The maximum atomic E-state index is 13.9. The normalized spacial score (nSPS) is 11.2. The number of halogens is 3. The Balaban J connectivity index is 2.41. The Morgan fingerprint density at radius 3 is 2.70 bits per heavy atom. The van der Waals surface area contributed by atoms with Crippen LogP contribution in [0.3, 0.4) is 0 Å². The van der Waals surface area contributed by atoms with Gasteiger partial charge in [0.25, 0.3) is 0 Å². The molecule has 0 aliphatic rings. The number of nitrogens with zero attached hydrogens (tertiary/aromatic N) is 3. The van der Waals surface area contributed by atoms with E-state index < -0.39 is 17.5 Å². The van der Waals surface area contributed by atoms with Crippen molar-refractivity contribution >= 4 is 17.1 Å². The standard InChI is InChI=1S/C13H9F3N4/c1-6-2-3-18-12-11(6)19-13(17)20(12)9-5-7(14)4-8(15)10(9)16/h2-5H,1H3,(H2,17,19). The Bertz CT molecular complexity index is 826. The molecule has 0 radical (unpaired) electrons. The summed E-state index contributed by atoms with van der Waals surface area (Å²) in [6.07, 6.45) is 1.49. The highest BCUT2D eigenvalue weighted by molar-refractivity contribution is 5.79. The van der Waals surface area contributed by atoms with Gasteiger partial charge >= 0.3 is 0 Å². The van der Waals surface area contributed by atoms with Gasteiger partial charge in [0.05, 0.1) is 5.69 Å². The number of pyridine rings is 1. The summed E-state index contributed by atoms with van der Waals surface area (Å²) in [7, 11) is 0. The van der Waals surface area contributed by atoms with Crippen LogP contribution in [-0.4, -0.2) is 14.5 Å². The number of nitrogen functional groups attached to an aromatic ring is 1. The zero-order chi connectivity index (χ0) is 14.4. The molecule has 3 rings (SSSR count). The molecule has 0 aliphatic heterocycles. The smallest absolute Gasteiger partial charge is 0.207 e. The van der Waals surface area contributed by atoms with Crippen LogP contribution in [0.1, 0.15) is 5.56 Å². The molecule has 1 aromatic carbocycles. The molecule has 2 N–H and O–H groups in total. The van der Waals surface area contributed by atoms with Crippen molar-refractivity contribution < 1.29 is 13.2 Å². The number of imidazole rings is 1. The van der Waals surface area contributed by atoms with Crippen LogP contribution in [0.5, 0.6) is 0 Å². The number of benzene rings is 1. The monoisotopic (exact) mass is 278 g/mol. The molecule has 0 saturated carbocycles. The van der Waals surface area contributed by atoms with E-state index in [1.54, 1.807) is 13.0 Å². The Kier molecular flexibility index (Phi) is 2.63. The minimum atomic E-state index is -1.30. The molecule has 0 saturated heterocycles. The number of fused-ring (bicyclic) bond motifs is 1. The number of hydrogen-bond acceptors (Lipinski definition) is 3. The fourth-order valence-electron chi connectivity index (χ4n) is 2.05. The SMILES string of the molecule is Cc1ccnc2c1nc(N)n2-c1cc(F)cc(F)c1F. The van der Waals surface area contributed by atoms with Crippen molar-refractivity contribution in [3.63, 3.8) is 0 Å². The molecule has 0 atom stereocenters. The van der Waals surface area contributed by atoms with Crippen LogP contribution >= 0.6 is 0 Å². The van der Waals surface area contributed by atoms with Crippen molar-refractivity contribution in [3.05, 3.63) is 47.4 Å². The van der Waals surface area contributed by atoms with E-state index in [1.807, 2.05) is 0 Å². The first-order chi connectivity index (χ1) is 9.49. The van der Waals surface area contributed by atoms with Crippen LogP contribution < -0.4 is 5.73 Å². The second-order valence-corrected chi connectivity index (χ2v) is 4.33. The van der Waals surface area contributed by atoms with E-state index in [-0.39, 0.29) is 17.3 Å². The van der Waals surface area contributed by atoms with Gasteiger partial charge in [-0.1, -0.05) is 0 Å². The van der Waals surface area contributed by atoms with E-state index in [4.69, 9.17) is 5.73 Å². The molecular weight excluding hydrogens is 269 g/mol. The van der Waals surface area contributed by atoms with Crippen molar-refractivity contribution in [2.24, 2.45) is 0 Å². The maximum Gasteiger partial charge on any atom is 0.207 e. The van der Waals surface area contributed by atoms with Crippen molar-refractivity contribution in [2.45, 2.75) is 6.92 Å². The lowest BCUT2D eigenvalue weighted by Gasteiger charge is -2.08. The Labute approximate surface area is 111 Å². The molecule has 0 aliphatic carbocycles. The quantitative estimate of drug-likeness (QED) is 0.696. The van der Waals surface area contributed by atoms with Crippen LogP contribution in [0.15, 0.2) is 24.4 Å². The van der Waals surface area contributed by atoms with Gasteiger partial charge in [-0.15, -0.1) is 0 Å². The van der Waals surface area contributed by atoms with Crippen LogP contribution in [0.25, 0.3) is 16.9 Å². The molecule has 102 valence electrons. The number of aryl methyl sites for hydroxylation is 1. The van der Waals surface area contributed by atoms with Crippen molar-refractivity contribution in [2.75, 3.05) is 5.73 Å². The molecule has 2 heterocycles. The molecule has 0 fully saturated rings. The third-order valence-electron chi connectivity index (χ3n) is 2.99. The second kappa shape index (κ2) is 4.22. The van der Waals surface area contributed by atoms with Gasteiger partial charge in [0.15, 0.2) is 17.3 Å². The minimum absolute atomic E-state index is 0.0919. The Morgan fingerprint density at radius 2 is 1.95 bits per heavy atom. The predicted octanol–water partition coefficient (Wildman–Crippen LogP) is 2.73. The summed E-state index contributed by atoms with van der Waals surface area (Å²) >= 11 is 0. The molecule has 0 unspecified atom stereocenters. The third-order valence-corrected chi connectivity index (χ3v) is 2.99. The summed E-state index contributed by atoms with van der Waals surface area (Å²) in [5.41, 5.74) is 6.83. The summed E-state index contributed by atoms with van der Waals surface area (Å²) < 4.78 is 41.6. The minimum Gasteiger partial charge on any atom is -0.369 e. The maximum absolute atomic E-state index is 13.9. The van der Waals surface area contributed by atoms with E-state index in [0.717, 1.165) is 16.2 Å². The van der Waals surface area contributed by atoms with Gasteiger partial charge in [0, 0.05) is 18.3 Å². The molecule has 4 nitrogen and oxygen atoms in total. The summed E-state index contributed by atoms with van der Waals surface area (Å²) in [6.45, 7) is 1.78. The van der Waals surface area contributed by atoms with Crippen molar-refractivity contribution in [3.8, 4) is 5.69 Å². The van der Waals surface area contributed by atoms with E-state index >= 15 is 0 Å². The lowest BCUT2D eigenvalue weighted by atomic mass is 10.2. The van der Waals surface area contributed by atoms with Gasteiger partial charge in [0.1, 0.15) is 11.3 Å². The van der Waals surface area contributed by atoms with E-state index in [9.17, 15) is 13.2 Å². The van der Waals surface area contributed by atoms with Gasteiger partial charge in [-0.3, -0.25) is 4.57 Å². The Morgan fingerprint density at radius 1 is 1.20 bits per heavy atom. The summed E-state index contributed by atoms with van der Waals surface area (Å²) in [5, 5.41) is 0. The van der Waals surface area contributed by atoms with Crippen LogP contribution in [-0.2, 0) is 0 Å². The lowest BCUT2D eigenvalue weighted by molar-refractivity contribution is 0.491. The fourth-order valence-corrected chi connectivity index (χ4v) is 2.05. The molecule has 3 aromatic rings. The van der Waals surface area contributed by atoms with Crippen molar-refractivity contribution in [1.82, 2.24) is 14.5 Å². The first-order valence-electron chi connectivity index (χ1n) is 5.73. The predicted molar refractivity (Wildman–Crippen MR) is 67.9 cm³/mol. The highest BCUT2D eigenvalue weighted by Gasteiger charge is 2.19. The highest BCUT2D eigenvalue weighted by atomic mass is 19.2. The average molecular weight is 278 g/mol. The lowest BCUT2D eigenvalue weighted by Crippen LogP contribution is -2.06. The number of nitrogens with two attached hydrogens (primary N) is 1. The van der Waals surface area contributed by atoms with Crippen LogP contribution in [0, 0.1) is 24.4 Å². The molecule has 0 spiro atoms. The molecule has 0 amide bonds. The molecule has 20 heavy (non-hydrogen) atoms. The highest BCUT2D eigenvalue weighted by Crippen LogP contribution is 2.26. The molecule has 0 bridgehead atoms. The van der Waals surface area contributed by atoms with Crippen molar-refractivity contribution in [1.29, 1.82) is 0 Å². The summed E-state index contributed by atoms with van der Waals surface area (Å²) in [6, 6.07) is 3.02. The number of rotatable bonds is 1. The van der Waals surface area contributed by atoms with E-state index in [2.05, 4.69) is 9.97 Å². The van der Waals surface area contributed by atoms with Crippen LogP contribution in [0.2, 0.25) is 0 Å². The molecular formula is C13H9F3N4. The largest absolute Gasteiger partial charge is 0.369 e. The zero-order valence-electron chi connectivity index (χ0n) is 10.4. The van der Waals surface area contributed by atoms with Gasteiger partial charge < -0.3 is 5.73 Å². The first-order valence-corrected chi connectivity index (χ1v) is 5.73. The van der Waals surface area contributed by atoms with Gasteiger partial charge in [0.2, 0.25) is 5.95 Å². The third kappa shape index (κ3) is 1.70. The molecule has 7 heteroatoms. The van der Waals surface area contributed by atoms with Gasteiger partial charge in [-0.2, -0.15) is 0 Å². The number of hydrogen-bond donors (Lipinski definition) is 1. The zero-order valence-corrected chi connectivity index (χ0v) is 10.4. The number of aromatic nitrogens is 3. The summed E-state index contributed by atoms with van der Waals surface area (Å²) in [4.78, 5) is 8.10. The topological polar surface area (TPSA) is 56.7 Å². The van der Waals surface area contributed by atoms with Gasteiger partial charge in [-0.05, 0) is 18.6 Å². The first kappa shape index (κ1) is 12.5. The van der Waals surface area contributed by atoms with E-state index in [0.29, 0.717) is 11.6 Å². The summed E-state index contributed by atoms with van der Waals surface area (Å²) in [5.74, 6) is -3.51.